The maximum Gasteiger partial charge on any atom is 0.0900 e. The van der Waals surface area contributed by atoms with Crippen molar-refractivity contribution in [3.05, 3.63) is 22.4 Å². The van der Waals surface area contributed by atoms with E-state index in [-0.39, 0.29) is 0 Å². The molecule has 2 unspecified atom stereocenters. The molecule has 0 spiro atoms. The summed E-state index contributed by atoms with van der Waals surface area (Å²) in [4.78, 5) is 3.46. The second-order valence-electron chi connectivity index (χ2n) is 3.74. The zero-order valence-electron chi connectivity index (χ0n) is 9.51. The Labute approximate surface area is 95.3 Å². The summed E-state index contributed by atoms with van der Waals surface area (Å²) in [7, 11) is 3.62. The molecule has 1 aromatic rings. The number of rotatable bonds is 6. The maximum absolute atomic E-state index is 9.60. The molecule has 15 heavy (non-hydrogen) atoms. The zero-order chi connectivity index (χ0) is 11.3. The van der Waals surface area contributed by atoms with Gasteiger partial charge in [0.25, 0.3) is 0 Å². The van der Waals surface area contributed by atoms with Gasteiger partial charge in [0.1, 0.15) is 0 Å². The number of hydrogen-bond donors (Lipinski definition) is 1. The van der Waals surface area contributed by atoms with E-state index in [1.165, 1.54) is 4.88 Å². The van der Waals surface area contributed by atoms with Crippen LogP contribution in [0.25, 0.3) is 0 Å². The van der Waals surface area contributed by atoms with Gasteiger partial charge in [-0.25, -0.2) is 0 Å². The lowest BCUT2D eigenvalue weighted by molar-refractivity contribution is 0.0360. The van der Waals surface area contributed by atoms with Crippen molar-refractivity contribution in [3.8, 4) is 0 Å². The van der Waals surface area contributed by atoms with Gasteiger partial charge in [-0.15, -0.1) is 11.3 Å². The van der Waals surface area contributed by atoms with Crippen molar-refractivity contribution in [1.29, 1.82) is 0 Å². The third kappa shape index (κ3) is 3.91. The molecule has 0 aliphatic rings. The van der Waals surface area contributed by atoms with E-state index in [0.717, 1.165) is 0 Å². The Balaban J connectivity index is 2.43. The Hall–Kier alpha value is -0.420. The highest BCUT2D eigenvalue weighted by atomic mass is 32.1. The summed E-state index contributed by atoms with van der Waals surface area (Å²) in [5.41, 5.74) is 0. The standard InChI is InChI=1S/C11H19NO2S/c1-9(11-5-4-6-15-11)12(2)7-10(13)8-14-3/h4-6,9-10,13H,7-8H2,1-3H3. The quantitative estimate of drug-likeness (QED) is 0.806. The first-order chi connectivity index (χ1) is 7.15. The second-order valence-corrected chi connectivity index (χ2v) is 4.72. The lowest BCUT2D eigenvalue weighted by Crippen LogP contribution is -2.33. The SMILES string of the molecule is COCC(O)CN(C)C(C)c1cccs1. The van der Waals surface area contributed by atoms with Crippen LogP contribution in [0.1, 0.15) is 17.8 Å². The Morgan fingerprint density at radius 2 is 2.33 bits per heavy atom. The summed E-state index contributed by atoms with van der Waals surface area (Å²) in [5.74, 6) is 0. The van der Waals surface area contributed by atoms with Gasteiger partial charge >= 0.3 is 0 Å². The smallest absolute Gasteiger partial charge is 0.0900 e. The maximum atomic E-state index is 9.60. The van der Waals surface area contributed by atoms with E-state index >= 15 is 0 Å². The van der Waals surface area contributed by atoms with Crippen LogP contribution in [-0.2, 0) is 4.74 Å². The molecular weight excluding hydrogens is 210 g/mol. The molecule has 2 atom stereocenters. The van der Waals surface area contributed by atoms with Crippen molar-refractivity contribution < 1.29 is 9.84 Å². The van der Waals surface area contributed by atoms with E-state index in [2.05, 4.69) is 29.3 Å². The van der Waals surface area contributed by atoms with Gasteiger partial charge in [0.05, 0.1) is 12.7 Å². The van der Waals surface area contributed by atoms with E-state index in [4.69, 9.17) is 4.74 Å². The highest BCUT2D eigenvalue weighted by Crippen LogP contribution is 2.23. The highest BCUT2D eigenvalue weighted by molar-refractivity contribution is 7.10. The zero-order valence-corrected chi connectivity index (χ0v) is 10.3. The average Bonchev–Trinajstić information content (AvgIpc) is 2.69. The topological polar surface area (TPSA) is 32.7 Å². The lowest BCUT2D eigenvalue weighted by atomic mass is 10.2. The first kappa shape index (κ1) is 12.6. The number of thiophene rings is 1. The molecule has 3 nitrogen and oxygen atoms in total. The number of nitrogens with zero attached hydrogens (tertiary/aromatic N) is 1. The van der Waals surface area contributed by atoms with Gasteiger partial charge in [0.15, 0.2) is 0 Å². The minimum Gasteiger partial charge on any atom is -0.389 e. The summed E-state index contributed by atoms with van der Waals surface area (Å²) in [5, 5.41) is 11.7. The fraction of sp³-hybridized carbons (Fsp3) is 0.636. The monoisotopic (exact) mass is 229 g/mol. The van der Waals surface area contributed by atoms with Crippen LogP contribution < -0.4 is 0 Å². The van der Waals surface area contributed by atoms with Crippen molar-refractivity contribution in [2.24, 2.45) is 0 Å². The first-order valence-electron chi connectivity index (χ1n) is 5.05. The average molecular weight is 229 g/mol. The molecule has 1 aromatic heterocycles. The molecule has 4 heteroatoms. The van der Waals surface area contributed by atoms with Crippen molar-refractivity contribution in [1.82, 2.24) is 4.90 Å². The Morgan fingerprint density at radius 3 is 2.87 bits per heavy atom. The van der Waals surface area contributed by atoms with Crippen molar-refractivity contribution in [3.63, 3.8) is 0 Å². The van der Waals surface area contributed by atoms with Crippen LogP contribution in [0, 0.1) is 0 Å². The number of ether oxygens (including phenoxy) is 1. The van der Waals surface area contributed by atoms with Crippen molar-refractivity contribution in [2.45, 2.75) is 19.1 Å². The largest absolute Gasteiger partial charge is 0.389 e. The van der Waals surface area contributed by atoms with Gasteiger partial charge in [0, 0.05) is 24.6 Å². The van der Waals surface area contributed by atoms with E-state index in [9.17, 15) is 5.11 Å². The molecule has 0 saturated heterocycles. The van der Waals surface area contributed by atoms with Gasteiger partial charge in [-0.3, -0.25) is 4.90 Å². The van der Waals surface area contributed by atoms with Crippen LogP contribution in [0.3, 0.4) is 0 Å². The molecule has 0 saturated carbocycles. The summed E-state index contributed by atoms with van der Waals surface area (Å²) < 4.78 is 4.90. The van der Waals surface area contributed by atoms with Gasteiger partial charge in [-0.2, -0.15) is 0 Å². The van der Waals surface area contributed by atoms with E-state index in [0.29, 0.717) is 19.2 Å². The van der Waals surface area contributed by atoms with Crippen molar-refractivity contribution >= 4 is 11.3 Å². The Bertz CT molecular complexity index is 264. The molecule has 0 bridgehead atoms. The number of aliphatic hydroxyl groups is 1. The molecule has 0 aromatic carbocycles. The van der Waals surface area contributed by atoms with Gasteiger partial charge < -0.3 is 9.84 Å². The van der Waals surface area contributed by atoms with Gasteiger partial charge in [-0.1, -0.05) is 6.07 Å². The molecular formula is C11H19NO2S. The van der Waals surface area contributed by atoms with Gasteiger partial charge in [-0.05, 0) is 25.4 Å². The normalized spacial score (nSPS) is 15.5. The third-order valence-electron chi connectivity index (χ3n) is 2.47. The van der Waals surface area contributed by atoms with Crippen LogP contribution in [-0.4, -0.2) is 43.4 Å². The fourth-order valence-electron chi connectivity index (χ4n) is 1.48. The van der Waals surface area contributed by atoms with E-state index in [1.54, 1.807) is 18.4 Å². The molecule has 1 N–H and O–H groups in total. The third-order valence-corrected chi connectivity index (χ3v) is 3.52. The summed E-state index contributed by atoms with van der Waals surface area (Å²) in [6, 6.07) is 4.52. The lowest BCUT2D eigenvalue weighted by Gasteiger charge is -2.25. The summed E-state index contributed by atoms with van der Waals surface area (Å²) in [6.45, 7) is 3.17. The fourth-order valence-corrected chi connectivity index (χ4v) is 2.33. The van der Waals surface area contributed by atoms with E-state index < -0.39 is 6.10 Å². The molecule has 0 amide bonds. The molecule has 0 aliphatic carbocycles. The predicted octanol–water partition coefficient (Wildman–Crippen LogP) is 1.75. The number of methoxy groups -OCH3 is 1. The molecule has 0 aliphatic heterocycles. The number of aliphatic hydroxyl groups excluding tert-OH is 1. The van der Waals surface area contributed by atoms with Crippen LogP contribution in [0.4, 0.5) is 0 Å². The molecule has 0 radical (unpaired) electrons. The molecule has 86 valence electrons. The number of hydrogen-bond acceptors (Lipinski definition) is 4. The van der Waals surface area contributed by atoms with E-state index in [1.807, 2.05) is 7.05 Å². The van der Waals surface area contributed by atoms with Crippen LogP contribution in [0.15, 0.2) is 17.5 Å². The Kier molecular flexibility index (Phi) is 5.25. The van der Waals surface area contributed by atoms with Crippen LogP contribution >= 0.6 is 11.3 Å². The predicted molar refractivity (Wildman–Crippen MR) is 63.2 cm³/mol. The summed E-state index contributed by atoms with van der Waals surface area (Å²) in [6.07, 6.45) is -0.414. The molecule has 0 fully saturated rings. The van der Waals surface area contributed by atoms with Crippen LogP contribution in [0.2, 0.25) is 0 Å². The van der Waals surface area contributed by atoms with Gasteiger partial charge in [0.2, 0.25) is 0 Å². The minimum absolute atomic E-state index is 0.344. The highest BCUT2D eigenvalue weighted by Gasteiger charge is 2.15. The molecule has 1 heterocycles. The Morgan fingerprint density at radius 1 is 1.60 bits per heavy atom. The van der Waals surface area contributed by atoms with Crippen molar-refractivity contribution in [2.75, 3.05) is 27.3 Å². The second kappa shape index (κ2) is 6.23. The number of likely N-dealkylation sites (N-methyl/N-ethyl adjacent to an activating group) is 1. The summed E-state index contributed by atoms with van der Waals surface area (Å²) >= 11 is 1.75. The van der Waals surface area contributed by atoms with Crippen LogP contribution in [0.5, 0.6) is 0 Å². The molecule has 1 rings (SSSR count). The first-order valence-corrected chi connectivity index (χ1v) is 5.93. The minimum atomic E-state index is -0.414.